The highest BCUT2D eigenvalue weighted by atomic mass is 16.5. The van der Waals surface area contributed by atoms with Gasteiger partial charge in [-0.05, 0) is 64.2 Å². The number of carbonyl (C=O) groups excluding carboxylic acids is 2. The van der Waals surface area contributed by atoms with E-state index in [1.165, 1.54) is 122 Å². The Morgan fingerprint density at radius 1 is 0.519 bits per heavy atom. The maximum atomic E-state index is 12.3. The highest BCUT2D eigenvalue weighted by Crippen LogP contribution is 2.14. The molecule has 0 spiro atoms. The van der Waals surface area contributed by atoms with Crippen LogP contribution in [-0.2, 0) is 14.3 Å². The van der Waals surface area contributed by atoms with E-state index in [1.807, 2.05) is 6.08 Å². The van der Waals surface area contributed by atoms with E-state index in [2.05, 4.69) is 31.3 Å². The largest absolute Gasteiger partial charge is 0.466 e. The number of rotatable bonds is 41. The van der Waals surface area contributed by atoms with Crippen LogP contribution >= 0.6 is 0 Å². The molecule has 0 heterocycles. The van der Waals surface area contributed by atoms with E-state index in [-0.39, 0.29) is 18.5 Å². The van der Waals surface area contributed by atoms with E-state index in [1.54, 1.807) is 6.08 Å². The van der Waals surface area contributed by atoms with Crippen LogP contribution in [0.4, 0.5) is 0 Å². The molecule has 6 nitrogen and oxygen atoms in total. The summed E-state index contributed by atoms with van der Waals surface area (Å²) >= 11 is 0. The van der Waals surface area contributed by atoms with Gasteiger partial charge in [0.25, 0.3) is 0 Å². The van der Waals surface area contributed by atoms with Gasteiger partial charge in [0, 0.05) is 12.8 Å². The van der Waals surface area contributed by atoms with Crippen LogP contribution in [0.5, 0.6) is 0 Å². The SMILES string of the molecule is CCCCCCCCCC/C=C/C(O)C(CO)NC(=O)CCCCCCC/C=C\CCCCCOC(=O)CCCCCCCCCCCCCCC. The molecule has 0 aliphatic carbocycles. The molecule has 6 heteroatoms. The van der Waals surface area contributed by atoms with Crippen molar-refractivity contribution < 1.29 is 24.5 Å². The Morgan fingerprint density at radius 2 is 0.904 bits per heavy atom. The van der Waals surface area contributed by atoms with E-state index >= 15 is 0 Å². The number of hydrogen-bond donors (Lipinski definition) is 3. The van der Waals surface area contributed by atoms with Crippen LogP contribution < -0.4 is 5.32 Å². The number of esters is 1. The summed E-state index contributed by atoms with van der Waals surface area (Å²) in [7, 11) is 0. The van der Waals surface area contributed by atoms with E-state index in [0.29, 0.717) is 19.4 Å². The average Bonchev–Trinajstić information content (AvgIpc) is 3.14. The molecule has 0 aliphatic heterocycles. The molecule has 52 heavy (non-hydrogen) atoms. The van der Waals surface area contributed by atoms with Crippen molar-refractivity contribution in [1.29, 1.82) is 0 Å². The van der Waals surface area contributed by atoms with Gasteiger partial charge in [0.2, 0.25) is 5.91 Å². The molecule has 0 aromatic carbocycles. The molecule has 0 rings (SSSR count). The maximum absolute atomic E-state index is 12.3. The van der Waals surface area contributed by atoms with Gasteiger partial charge in [0.05, 0.1) is 25.4 Å². The second kappa shape index (κ2) is 42.1. The Labute approximate surface area is 322 Å². The topological polar surface area (TPSA) is 95.9 Å². The first kappa shape index (κ1) is 50.3. The zero-order chi connectivity index (χ0) is 38.0. The fourth-order valence-corrected chi connectivity index (χ4v) is 6.68. The number of aliphatic hydroxyl groups is 2. The minimum absolute atomic E-state index is 0.0240. The van der Waals surface area contributed by atoms with Crippen molar-refractivity contribution in [3.63, 3.8) is 0 Å². The van der Waals surface area contributed by atoms with Gasteiger partial charge in [0.1, 0.15) is 0 Å². The third-order valence-electron chi connectivity index (χ3n) is 10.2. The molecule has 0 aromatic rings. The fraction of sp³-hybridized carbons (Fsp3) is 0.870. The second-order valence-corrected chi connectivity index (χ2v) is 15.4. The van der Waals surface area contributed by atoms with Crippen LogP contribution in [0.15, 0.2) is 24.3 Å². The summed E-state index contributed by atoms with van der Waals surface area (Å²) in [6, 6.07) is -0.643. The average molecular weight is 734 g/mol. The van der Waals surface area contributed by atoms with Gasteiger partial charge < -0.3 is 20.3 Å². The minimum atomic E-state index is -0.857. The Bertz CT molecular complexity index is 813. The van der Waals surface area contributed by atoms with Crippen molar-refractivity contribution in [2.75, 3.05) is 13.2 Å². The van der Waals surface area contributed by atoms with Crippen LogP contribution in [0.3, 0.4) is 0 Å². The molecule has 0 saturated carbocycles. The summed E-state index contributed by atoms with van der Waals surface area (Å²) in [5.74, 6) is -0.121. The van der Waals surface area contributed by atoms with Gasteiger partial charge in [-0.25, -0.2) is 0 Å². The number of hydrogen-bond acceptors (Lipinski definition) is 5. The van der Waals surface area contributed by atoms with Gasteiger partial charge in [0.15, 0.2) is 0 Å². The van der Waals surface area contributed by atoms with Crippen LogP contribution in [-0.4, -0.2) is 47.4 Å². The maximum Gasteiger partial charge on any atom is 0.305 e. The van der Waals surface area contributed by atoms with Gasteiger partial charge in [-0.1, -0.05) is 179 Å². The summed E-state index contributed by atoms with van der Waals surface area (Å²) in [6.07, 6.45) is 47.4. The summed E-state index contributed by atoms with van der Waals surface area (Å²) in [4.78, 5) is 24.3. The van der Waals surface area contributed by atoms with Crippen molar-refractivity contribution in [2.45, 2.75) is 244 Å². The monoisotopic (exact) mass is 734 g/mol. The van der Waals surface area contributed by atoms with Crippen LogP contribution in [0.1, 0.15) is 232 Å². The molecule has 0 bridgehead atoms. The molecule has 0 fully saturated rings. The summed E-state index contributed by atoms with van der Waals surface area (Å²) in [5.41, 5.74) is 0. The van der Waals surface area contributed by atoms with E-state index in [0.717, 1.165) is 83.5 Å². The quantitative estimate of drug-likeness (QED) is 0.0330. The molecule has 0 radical (unpaired) electrons. The number of allylic oxidation sites excluding steroid dienone is 3. The summed E-state index contributed by atoms with van der Waals surface area (Å²) in [5, 5.41) is 22.9. The van der Waals surface area contributed by atoms with Crippen molar-refractivity contribution in [1.82, 2.24) is 5.32 Å². The van der Waals surface area contributed by atoms with Crippen LogP contribution in [0, 0.1) is 0 Å². The third kappa shape index (κ3) is 38.1. The molecule has 3 N–H and O–H groups in total. The molecule has 0 aliphatic rings. The zero-order valence-corrected chi connectivity index (χ0v) is 34.5. The van der Waals surface area contributed by atoms with Crippen molar-refractivity contribution in [2.24, 2.45) is 0 Å². The normalized spacial score (nSPS) is 12.9. The van der Waals surface area contributed by atoms with Crippen LogP contribution in [0.25, 0.3) is 0 Å². The number of nitrogens with one attached hydrogen (secondary N) is 1. The lowest BCUT2D eigenvalue weighted by molar-refractivity contribution is -0.143. The lowest BCUT2D eigenvalue weighted by Crippen LogP contribution is -2.45. The fourth-order valence-electron chi connectivity index (χ4n) is 6.68. The first-order chi connectivity index (χ1) is 25.5. The highest BCUT2D eigenvalue weighted by molar-refractivity contribution is 5.76. The molecule has 0 saturated heterocycles. The lowest BCUT2D eigenvalue weighted by atomic mass is 10.0. The minimum Gasteiger partial charge on any atom is -0.466 e. The van der Waals surface area contributed by atoms with E-state index in [4.69, 9.17) is 4.74 Å². The van der Waals surface area contributed by atoms with Crippen molar-refractivity contribution in [3.8, 4) is 0 Å². The van der Waals surface area contributed by atoms with Gasteiger partial charge in [-0.3, -0.25) is 9.59 Å². The molecule has 306 valence electrons. The third-order valence-corrected chi connectivity index (χ3v) is 10.2. The lowest BCUT2D eigenvalue weighted by Gasteiger charge is -2.20. The Hall–Kier alpha value is -1.66. The van der Waals surface area contributed by atoms with E-state index < -0.39 is 12.1 Å². The molecular formula is C46H87NO5. The number of unbranched alkanes of at least 4 members (excludes halogenated alkanes) is 28. The first-order valence-electron chi connectivity index (χ1n) is 22.6. The predicted octanol–water partition coefficient (Wildman–Crippen LogP) is 12.8. The summed E-state index contributed by atoms with van der Waals surface area (Å²) in [6.45, 7) is 4.81. The van der Waals surface area contributed by atoms with Crippen molar-refractivity contribution >= 4 is 11.9 Å². The highest BCUT2D eigenvalue weighted by Gasteiger charge is 2.18. The zero-order valence-electron chi connectivity index (χ0n) is 34.5. The predicted molar refractivity (Wildman–Crippen MR) is 223 cm³/mol. The first-order valence-corrected chi connectivity index (χ1v) is 22.6. The molecule has 0 aromatic heterocycles. The van der Waals surface area contributed by atoms with Crippen LogP contribution in [0.2, 0.25) is 0 Å². The smallest absolute Gasteiger partial charge is 0.305 e. The van der Waals surface area contributed by atoms with E-state index in [9.17, 15) is 19.8 Å². The Morgan fingerprint density at radius 3 is 1.37 bits per heavy atom. The van der Waals surface area contributed by atoms with Crippen molar-refractivity contribution in [3.05, 3.63) is 24.3 Å². The van der Waals surface area contributed by atoms with Gasteiger partial charge >= 0.3 is 5.97 Å². The number of carbonyl (C=O) groups is 2. The standard InChI is InChI=1S/C46H87NO5/c1-3-5-7-9-11-13-15-16-20-24-28-32-36-40-46(51)52-41-37-33-29-25-21-18-17-19-23-27-31-35-39-45(50)47-43(42-48)44(49)38-34-30-26-22-14-12-10-8-6-4-2/h18,21,34,38,43-44,48-49H,3-17,19-20,22-33,35-37,39-42H2,1-2H3,(H,47,50)/b21-18-,38-34+. The Kier molecular flexibility index (Phi) is 40.7. The Balaban J connectivity index is 3.53. The molecule has 2 atom stereocenters. The number of aliphatic hydroxyl groups excluding tert-OH is 2. The summed E-state index contributed by atoms with van der Waals surface area (Å²) < 4.78 is 5.43. The number of amides is 1. The molecular weight excluding hydrogens is 647 g/mol. The molecule has 1 amide bonds. The second-order valence-electron chi connectivity index (χ2n) is 15.4. The number of ether oxygens (including phenoxy) is 1. The molecule has 2 unspecified atom stereocenters. The van der Waals surface area contributed by atoms with Gasteiger partial charge in [-0.2, -0.15) is 0 Å². The van der Waals surface area contributed by atoms with Gasteiger partial charge in [-0.15, -0.1) is 0 Å².